The van der Waals surface area contributed by atoms with Crippen molar-refractivity contribution >= 4 is 11.6 Å². The maximum Gasteiger partial charge on any atom is 0.411 e. The minimum absolute atomic E-state index is 0.0968. The molecule has 0 aliphatic heterocycles. The Morgan fingerprint density at radius 3 is 2.24 bits per heavy atom. The molecule has 0 spiro atoms. The third kappa shape index (κ3) is 3.22. The van der Waals surface area contributed by atoms with Gasteiger partial charge in [-0.2, -0.15) is 13.2 Å². The second-order valence-electron chi connectivity index (χ2n) is 5.45. The number of aromatic nitrogens is 2. The van der Waals surface area contributed by atoms with Crippen LogP contribution in [0.5, 0.6) is 0 Å². The molecule has 7 heteroatoms. The maximum absolute atomic E-state index is 13.1. The molecule has 1 aliphatic rings. The lowest BCUT2D eigenvalue weighted by molar-refractivity contribution is -0.151. The number of hydrogen-bond acceptors (Lipinski definition) is 4. The summed E-state index contributed by atoms with van der Waals surface area (Å²) in [4.78, 5) is 8.66. The van der Waals surface area contributed by atoms with Crippen LogP contribution in [0, 0.1) is 6.92 Å². The van der Waals surface area contributed by atoms with Gasteiger partial charge in [-0.1, -0.05) is 6.92 Å². The number of hydrogen-bond donors (Lipinski definition) is 2. The Morgan fingerprint density at radius 2 is 1.76 bits per heavy atom. The molecule has 0 amide bonds. The normalized spacial score (nSPS) is 16.7. The van der Waals surface area contributed by atoms with E-state index in [-0.39, 0.29) is 12.8 Å². The van der Waals surface area contributed by atoms with Crippen molar-refractivity contribution in [1.82, 2.24) is 9.97 Å². The van der Waals surface area contributed by atoms with E-state index in [2.05, 4.69) is 20.6 Å². The zero-order chi connectivity index (χ0) is 15.7. The average molecular weight is 302 g/mol. The monoisotopic (exact) mass is 302 g/mol. The van der Waals surface area contributed by atoms with Crippen molar-refractivity contribution in [3.63, 3.8) is 0 Å². The van der Waals surface area contributed by atoms with E-state index in [0.29, 0.717) is 36.0 Å². The van der Waals surface area contributed by atoms with Gasteiger partial charge in [0.05, 0.1) is 0 Å². The smallest absolute Gasteiger partial charge is 0.370 e. The highest BCUT2D eigenvalue weighted by Gasteiger charge is 2.63. The van der Waals surface area contributed by atoms with Crippen molar-refractivity contribution < 1.29 is 13.2 Å². The van der Waals surface area contributed by atoms with Gasteiger partial charge in [0.2, 0.25) is 0 Å². The van der Waals surface area contributed by atoms with Crippen molar-refractivity contribution in [1.29, 1.82) is 0 Å². The number of rotatable bonds is 6. The van der Waals surface area contributed by atoms with Crippen LogP contribution in [0.2, 0.25) is 0 Å². The van der Waals surface area contributed by atoms with Crippen LogP contribution >= 0.6 is 0 Å². The van der Waals surface area contributed by atoms with Gasteiger partial charge < -0.3 is 10.6 Å². The fourth-order valence-electron chi connectivity index (χ4n) is 2.19. The molecule has 1 aromatic heterocycles. The van der Waals surface area contributed by atoms with Crippen LogP contribution in [-0.2, 0) is 6.42 Å². The van der Waals surface area contributed by atoms with Gasteiger partial charge in [-0.15, -0.1) is 0 Å². The minimum Gasteiger partial charge on any atom is -0.370 e. The summed E-state index contributed by atoms with van der Waals surface area (Å²) in [6, 6.07) is 0. The van der Waals surface area contributed by atoms with Crippen molar-refractivity contribution in [3.8, 4) is 0 Å². The zero-order valence-corrected chi connectivity index (χ0v) is 12.6. The number of nitrogens with one attached hydrogen (secondary N) is 2. The molecule has 4 nitrogen and oxygen atoms in total. The lowest BCUT2D eigenvalue weighted by Gasteiger charge is -2.23. The van der Waals surface area contributed by atoms with Crippen molar-refractivity contribution in [2.75, 3.05) is 17.2 Å². The lowest BCUT2D eigenvalue weighted by Crippen LogP contribution is -2.39. The van der Waals surface area contributed by atoms with E-state index in [9.17, 15) is 13.2 Å². The van der Waals surface area contributed by atoms with E-state index in [1.807, 2.05) is 13.8 Å². The first-order chi connectivity index (χ1) is 9.83. The Morgan fingerprint density at radius 1 is 1.14 bits per heavy atom. The summed E-state index contributed by atoms with van der Waals surface area (Å²) in [6.45, 7) is 6.31. The Labute approximate surface area is 122 Å². The van der Waals surface area contributed by atoms with Crippen molar-refractivity contribution in [2.24, 2.45) is 0 Å². The molecule has 1 heterocycles. The summed E-state index contributed by atoms with van der Waals surface area (Å²) >= 11 is 0. The van der Waals surface area contributed by atoms with E-state index >= 15 is 0 Å². The molecule has 0 bridgehead atoms. The first kappa shape index (κ1) is 15.9. The molecule has 1 aromatic rings. The predicted molar refractivity (Wildman–Crippen MR) is 76.6 cm³/mol. The van der Waals surface area contributed by atoms with E-state index in [1.165, 1.54) is 0 Å². The van der Waals surface area contributed by atoms with Crippen LogP contribution < -0.4 is 10.6 Å². The largest absolute Gasteiger partial charge is 0.411 e. The molecule has 0 unspecified atom stereocenters. The second kappa shape index (κ2) is 5.69. The SMILES string of the molecule is CCCc1nc(NCC)c(C)c(NC2(C(F)(F)F)CC2)n1. The molecule has 0 atom stereocenters. The molecule has 2 N–H and O–H groups in total. The van der Waals surface area contributed by atoms with Gasteiger partial charge in [0.1, 0.15) is 23.0 Å². The van der Waals surface area contributed by atoms with Gasteiger partial charge in [-0.25, -0.2) is 9.97 Å². The highest BCUT2D eigenvalue weighted by molar-refractivity contribution is 5.59. The Balaban J connectivity index is 2.33. The molecule has 118 valence electrons. The number of nitrogens with zero attached hydrogens (tertiary/aromatic N) is 2. The molecule has 21 heavy (non-hydrogen) atoms. The number of anilines is 2. The third-order valence-corrected chi connectivity index (χ3v) is 3.66. The van der Waals surface area contributed by atoms with E-state index in [1.54, 1.807) is 6.92 Å². The van der Waals surface area contributed by atoms with Crippen LogP contribution in [0.3, 0.4) is 0 Å². The van der Waals surface area contributed by atoms with Gasteiger partial charge in [0, 0.05) is 18.5 Å². The molecule has 0 aromatic carbocycles. The molecular formula is C14H21F3N4. The van der Waals surface area contributed by atoms with Crippen LogP contribution in [0.15, 0.2) is 0 Å². The Bertz CT molecular complexity index is 510. The lowest BCUT2D eigenvalue weighted by atomic mass is 10.2. The first-order valence-corrected chi connectivity index (χ1v) is 7.29. The minimum atomic E-state index is -4.26. The van der Waals surface area contributed by atoms with Crippen LogP contribution in [0.1, 0.15) is 44.5 Å². The summed E-state index contributed by atoms with van der Waals surface area (Å²) in [5, 5.41) is 5.71. The zero-order valence-electron chi connectivity index (χ0n) is 12.6. The topological polar surface area (TPSA) is 49.8 Å². The maximum atomic E-state index is 13.1. The quantitative estimate of drug-likeness (QED) is 0.841. The van der Waals surface area contributed by atoms with Crippen LogP contribution in [0.25, 0.3) is 0 Å². The summed E-state index contributed by atoms with van der Waals surface area (Å²) in [7, 11) is 0. The molecule has 0 saturated heterocycles. The molecular weight excluding hydrogens is 281 g/mol. The molecule has 2 rings (SSSR count). The molecule has 1 aliphatic carbocycles. The standard InChI is InChI=1S/C14H21F3N4/c1-4-6-10-19-11(18-5-2)9(3)12(20-10)21-13(7-8-13)14(15,16)17/h4-8H2,1-3H3,(H2,18,19,20,21). The Kier molecular flexibility index (Phi) is 4.30. The van der Waals surface area contributed by atoms with Gasteiger partial charge in [-0.05, 0) is 33.1 Å². The fraction of sp³-hybridized carbons (Fsp3) is 0.714. The van der Waals surface area contributed by atoms with Gasteiger partial charge in [-0.3, -0.25) is 0 Å². The Hall–Kier alpha value is -1.53. The van der Waals surface area contributed by atoms with Crippen LogP contribution in [0.4, 0.5) is 24.8 Å². The van der Waals surface area contributed by atoms with Gasteiger partial charge in [0.15, 0.2) is 0 Å². The van der Waals surface area contributed by atoms with E-state index in [4.69, 9.17) is 0 Å². The average Bonchev–Trinajstić information content (AvgIpc) is 3.16. The summed E-state index contributed by atoms with van der Waals surface area (Å²) < 4.78 is 39.3. The van der Waals surface area contributed by atoms with Crippen molar-refractivity contribution in [3.05, 3.63) is 11.4 Å². The van der Waals surface area contributed by atoms with Crippen molar-refractivity contribution in [2.45, 2.75) is 58.2 Å². The van der Waals surface area contributed by atoms with Gasteiger partial charge >= 0.3 is 6.18 Å². The molecule has 1 saturated carbocycles. The third-order valence-electron chi connectivity index (χ3n) is 3.66. The fourth-order valence-corrected chi connectivity index (χ4v) is 2.19. The first-order valence-electron chi connectivity index (χ1n) is 7.29. The summed E-state index contributed by atoms with van der Waals surface area (Å²) in [5.41, 5.74) is -1.17. The number of alkyl halides is 3. The van der Waals surface area contributed by atoms with E-state index < -0.39 is 11.7 Å². The number of halogens is 3. The highest BCUT2D eigenvalue weighted by atomic mass is 19.4. The molecule has 0 radical (unpaired) electrons. The second-order valence-corrected chi connectivity index (χ2v) is 5.45. The van der Waals surface area contributed by atoms with Crippen LogP contribution in [-0.4, -0.2) is 28.2 Å². The summed E-state index contributed by atoms with van der Waals surface area (Å²) in [5.74, 6) is 1.47. The predicted octanol–water partition coefficient (Wildman–Crippen LogP) is 3.68. The van der Waals surface area contributed by atoms with E-state index in [0.717, 1.165) is 6.42 Å². The highest BCUT2D eigenvalue weighted by Crippen LogP contribution is 2.51. The number of aryl methyl sites for hydroxylation is 1. The summed E-state index contributed by atoms with van der Waals surface area (Å²) in [6.07, 6.45) is -2.57. The van der Waals surface area contributed by atoms with Gasteiger partial charge in [0.25, 0.3) is 0 Å². The molecule has 1 fully saturated rings.